The van der Waals surface area contributed by atoms with Crippen molar-refractivity contribution in [2.75, 3.05) is 13.1 Å². The minimum atomic E-state index is 0. The fourth-order valence-corrected chi connectivity index (χ4v) is 2.59. The Balaban J connectivity index is 0.000000980. The van der Waals surface area contributed by atoms with Crippen molar-refractivity contribution in [2.45, 2.75) is 23.1 Å². The summed E-state index contributed by atoms with van der Waals surface area (Å²) in [6, 6.07) is 6.11. The molecular formula is C10H16Cl2N2S. The minimum absolute atomic E-state index is 0. The standard InChI is InChI=1S/C10H14N2S.2ClH/c1-2-6-12-10(3-1)13-9-4-7-11-8-5-9;;/h1-3,6,9,11H,4-5,7-8H2;2*1H. The number of hydrogen-bond donors (Lipinski definition) is 1. The van der Waals surface area contributed by atoms with Crippen LogP contribution in [-0.4, -0.2) is 23.3 Å². The predicted octanol–water partition coefficient (Wildman–Crippen LogP) is 2.77. The maximum Gasteiger partial charge on any atom is 0.0962 e. The molecule has 5 heteroatoms. The number of hydrogen-bond acceptors (Lipinski definition) is 3. The first kappa shape index (κ1) is 15.0. The van der Waals surface area contributed by atoms with Crippen molar-refractivity contribution in [3.63, 3.8) is 0 Å². The first-order valence-corrected chi connectivity index (χ1v) is 5.61. The number of rotatable bonds is 2. The molecule has 15 heavy (non-hydrogen) atoms. The fraction of sp³-hybridized carbons (Fsp3) is 0.500. The van der Waals surface area contributed by atoms with Gasteiger partial charge in [0.15, 0.2) is 0 Å². The third-order valence-electron chi connectivity index (χ3n) is 2.21. The lowest BCUT2D eigenvalue weighted by Gasteiger charge is -2.21. The number of nitrogens with one attached hydrogen (secondary N) is 1. The molecule has 1 fully saturated rings. The van der Waals surface area contributed by atoms with Crippen molar-refractivity contribution in [2.24, 2.45) is 0 Å². The average Bonchev–Trinajstić information content (AvgIpc) is 2.21. The average molecular weight is 267 g/mol. The Kier molecular flexibility index (Phi) is 8.24. The maximum atomic E-state index is 4.32. The van der Waals surface area contributed by atoms with Crippen molar-refractivity contribution in [1.29, 1.82) is 0 Å². The van der Waals surface area contributed by atoms with Gasteiger partial charge in [0.1, 0.15) is 0 Å². The molecule has 2 heterocycles. The molecule has 1 aliphatic heterocycles. The van der Waals surface area contributed by atoms with E-state index < -0.39 is 0 Å². The van der Waals surface area contributed by atoms with Crippen LogP contribution in [-0.2, 0) is 0 Å². The van der Waals surface area contributed by atoms with Crippen molar-refractivity contribution in [3.05, 3.63) is 24.4 Å². The SMILES string of the molecule is Cl.Cl.c1ccc(SC2CCNCC2)nc1. The van der Waals surface area contributed by atoms with Crippen LogP contribution >= 0.6 is 36.6 Å². The molecule has 0 aliphatic carbocycles. The Morgan fingerprint density at radius 1 is 1.20 bits per heavy atom. The quantitative estimate of drug-likeness (QED) is 0.892. The van der Waals surface area contributed by atoms with Gasteiger partial charge in [0.25, 0.3) is 0 Å². The van der Waals surface area contributed by atoms with E-state index in [1.54, 1.807) is 0 Å². The molecule has 0 aromatic carbocycles. The van der Waals surface area contributed by atoms with Gasteiger partial charge in [-0.3, -0.25) is 0 Å². The van der Waals surface area contributed by atoms with Crippen molar-refractivity contribution >= 4 is 36.6 Å². The summed E-state index contributed by atoms with van der Waals surface area (Å²) in [4.78, 5) is 4.32. The molecule has 0 saturated carbocycles. The van der Waals surface area contributed by atoms with Crippen LogP contribution in [0.1, 0.15) is 12.8 Å². The van der Waals surface area contributed by atoms with Crippen molar-refractivity contribution in [3.8, 4) is 0 Å². The van der Waals surface area contributed by atoms with E-state index in [1.165, 1.54) is 12.8 Å². The molecule has 0 bridgehead atoms. The van der Waals surface area contributed by atoms with Crippen molar-refractivity contribution in [1.82, 2.24) is 10.3 Å². The van der Waals surface area contributed by atoms with Crippen LogP contribution in [0.2, 0.25) is 0 Å². The van der Waals surface area contributed by atoms with E-state index in [-0.39, 0.29) is 24.8 Å². The molecule has 0 amide bonds. The molecule has 1 aromatic rings. The van der Waals surface area contributed by atoms with Gasteiger partial charge in [-0.1, -0.05) is 6.07 Å². The largest absolute Gasteiger partial charge is 0.317 e. The van der Waals surface area contributed by atoms with E-state index in [0.717, 1.165) is 23.4 Å². The summed E-state index contributed by atoms with van der Waals surface area (Å²) in [7, 11) is 0. The lowest BCUT2D eigenvalue weighted by molar-refractivity contribution is 0.531. The lowest BCUT2D eigenvalue weighted by atomic mass is 10.2. The smallest absolute Gasteiger partial charge is 0.0962 e. The third-order valence-corrected chi connectivity index (χ3v) is 3.50. The molecule has 0 spiro atoms. The van der Waals surface area contributed by atoms with Crippen LogP contribution in [0.25, 0.3) is 0 Å². The van der Waals surface area contributed by atoms with Crippen LogP contribution < -0.4 is 5.32 Å². The number of nitrogens with zero attached hydrogens (tertiary/aromatic N) is 1. The summed E-state index contributed by atoms with van der Waals surface area (Å²) in [5, 5.41) is 5.29. The zero-order valence-electron chi connectivity index (χ0n) is 8.39. The van der Waals surface area contributed by atoms with Gasteiger partial charge >= 0.3 is 0 Å². The van der Waals surface area contributed by atoms with Gasteiger partial charge in [-0.2, -0.15) is 0 Å². The highest BCUT2D eigenvalue weighted by atomic mass is 35.5. The molecule has 1 saturated heterocycles. The van der Waals surface area contributed by atoms with Crippen LogP contribution in [0, 0.1) is 0 Å². The maximum absolute atomic E-state index is 4.32. The second-order valence-corrected chi connectivity index (χ2v) is 4.56. The summed E-state index contributed by atoms with van der Waals surface area (Å²) >= 11 is 1.91. The van der Waals surface area contributed by atoms with Gasteiger partial charge in [0, 0.05) is 11.4 Å². The molecule has 2 rings (SSSR count). The topological polar surface area (TPSA) is 24.9 Å². The van der Waals surface area contributed by atoms with Crippen molar-refractivity contribution < 1.29 is 0 Å². The Hall–Kier alpha value is 0.0400. The van der Waals surface area contributed by atoms with Crippen LogP contribution in [0.5, 0.6) is 0 Å². The van der Waals surface area contributed by atoms with E-state index in [2.05, 4.69) is 22.4 Å². The lowest BCUT2D eigenvalue weighted by Crippen LogP contribution is -2.29. The summed E-state index contributed by atoms with van der Waals surface area (Å²) in [5.41, 5.74) is 0. The molecule has 1 N–H and O–H groups in total. The first-order chi connectivity index (χ1) is 6.45. The highest BCUT2D eigenvalue weighted by Crippen LogP contribution is 2.26. The first-order valence-electron chi connectivity index (χ1n) is 4.73. The number of aromatic nitrogens is 1. The summed E-state index contributed by atoms with van der Waals surface area (Å²) < 4.78 is 0. The summed E-state index contributed by atoms with van der Waals surface area (Å²) in [5.74, 6) is 0. The zero-order valence-corrected chi connectivity index (χ0v) is 10.8. The molecule has 0 unspecified atom stereocenters. The van der Waals surface area contributed by atoms with Gasteiger partial charge in [-0.15, -0.1) is 36.6 Å². The molecule has 2 nitrogen and oxygen atoms in total. The highest BCUT2D eigenvalue weighted by molar-refractivity contribution is 7.99. The van der Waals surface area contributed by atoms with Crippen LogP contribution in [0.15, 0.2) is 29.4 Å². The molecular weight excluding hydrogens is 251 g/mol. The van der Waals surface area contributed by atoms with E-state index in [0.29, 0.717) is 0 Å². The van der Waals surface area contributed by atoms with Gasteiger partial charge in [-0.05, 0) is 38.1 Å². The minimum Gasteiger partial charge on any atom is -0.317 e. The number of halogens is 2. The summed E-state index contributed by atoms with van der Waals surface area (Å²) in [6.07, 6.45) is 4.39. The number of pyridine rings is 1. The summed E-state index contributed by atoms with van der Waals surface area (Å²) in [6.45, 7) is 2.31. The monoisotopic (exact) mass is 266 g/mol. The zero-order chi connectivity index (χ0) is 8.93. The molecule has 0 radical (unpaired) electrons. The Morgan fingerprint density at radius 3 is 2.53 bits per heavy atom. The highest BCUT2D eigenvalue weighted by Gasteiger charge is 2.14. The van der Waals surface area contributed by atoms with E-state index in [4.69, 9.17) is 0 Å². The molecule has 86 valence electrons. The van der Waals surface area contributed by atoms with E-state index >= 15 is 0 Å². The fourth-order valence-electron chi connectivity index (χ4n) is 1.50. The Labute approximate surface area is 107 Å². The Bertz CT molecular complexity index is 253. The van der Waals surface area contributed by atoms with E-state index in [9.17, 15) is 0 Å². The second-order valence-electron chi connectivity index (χ2n) is 3.24. The third kappa shape index (κ3) is 5.07. The van der Waals surface area contributed by atoms with E-state index in [1.807, 2.05) is 24.0 Å². The predicted molar refractivity (Wildman–Crippen MR) is 70.5 cm³/mol. The molecule has 0 atom stereocenters. The number of piperidine rings is 1. The van der Waals surface area contributed by atoms with Gasteiger partial charge in [0.05, 0.1) is 5.03 Å². The van der Waals surface area contributed by atoms with Crippen LogP contribution in [0.3, 0.4) is 0 Å². The van der Waals surface area contributed by atoms with Crippen LogP contribution in [0.4, 0.5) is 0 Å². The second kappa shape index (κ2) is 8.22. The van der Waals surface area contributed by atoms with Gasteiger partial charge in [-0.25, -0.2) is 4.98 Å². The van der Waals surface area contributed by atoms with Gasteiger partial charge in [0.2, 0.25) is 0 Å². The normalized spacial score (nSPS) is 16.3. The van der Waals surface area contributed by atoms with Gasteiger partial charge < -0.3 is 5.32 Å². The Morgan fingerprint density at radius 2 is 1.93 bits per heavy atom. The molecule has 1 aromatic heterocycles. The molecule has 1 aliphatic rings. The number of thioether (sulfide) groups is 1.